The lowest BCUT2D eigenvalue weighted by atomic mass is 10.1. The average molecular weight is 372 g/mol. The minimum Gasteiger partial charge on any atom is -0.322 e. The minimum absolute atomic E-state index is 0.0742. The summed E-state index contributed by atoms with van der Waals surface area (Å²) in [7, 11) is 0. The highest BCUT2D eigenvalue weighted by molar-refractivity contribution is 6.03. The molecule has 27 heavy (non-hydrogen) atoms. The number of alkyl halides is 3. The van der Waals surface area contributed by atoms with Crippen molar-refractivity contribution in [2.24, 2.45) is 0 Å². The van der Waals surface area contributed by atoms with E-state index >= 15 is 0 Å². The first kappa shape index (κ1) is 18.4. The van der Waals surface area contributed by atoms with E-state index in [1.165, 1.54) is 35.0 Å². The molecular formula is C20H15F3N2O2. The molecule has 138 valence electrons. The van der Waals surface area contributed by atoms with Crippen LogP contribution in [0.2, 0.25) is 0 Å². The summed E-state index contributed by atoms with van der Waals surface area (Å²) in [6, 6.07) is 16.3. The average Bonchev–Trinajstić information content (AvgIpc) is 2.64. The van der Waals surface area contributed by atoms with Gasteiger partial charge in [-0.25, -0.2) is 0 Å². The normalized spacial score (nSPS) is 11.2. The Morgan fingerprint density at radius 3 is 2.41 bits per heavy atom. The second-order valence-corrected chi connectivity index (χ2v) is 5.87. The minimum atomic E-state index is -4.46. The molecule has 0 aliphatic heterocycles. The van der Waals surface area contributed by atoms with Crippen molar-refractivity contribution in [2.45, 2.75) is 12.7 Å². The van der Waals surface area contributed by atoms with Crippen LogP contribution in [-0.2, 0) is 12.7 Å². The van der Waals surface area contributed by atoms with Gasteiger partial charge in [0.1, 0.15) is 5.56 Å². The highest BCUT2D eigenvalue weighted by Gasteiger charge is 2.30. The van der Waals surface area contributed by atoms with Gasteiger partial charge in [-0.15, -0.1) is 0 Å². The van der Waals surface area contributed by atoms with Gasteiger partial charge in [0, 0.05) is 11.9 Å². The number of anilines is 1. The zero-order valence-electron chi connectivity index (χ0n) is 14.0. The van der Waals surface area contributed by atoms with Gasteiger partial charge in [-0.05, 0) is 42.0 Å². The third-order valence-corrected chi connectivity index (χ3v) is 3.90. The number of pyridine rings is 1. The highest BCUT2D eigenvalue weighted by Crippen LogP contribution is 2.29. The topological polar surface area (TPSA) is 51.1 Å². The van der Waals surface area contributed by atoms with Gasteiger partial charge < -0.3 is 9.88 Å². The lowest BCUT2D eigenvalue weighted by Gasteiger charge is -2.11. The van der Waals surface area contributed by atoms with Crippen molar-refractivity contribution in [1.82, 2.24) is 4.57 Å². The van der Waals surface area contributed by atoms with Gasteiger partial charge in [-0.2, -0.15) is 13.2 Å². The molecule has 0 unspecified atom stereocenters. The Kier molecular flexibility index (Phi) is 5.12. The number of carbonyl (C=O) groups is 1. The van der Waals surface area contributed by atoms with E-state index in [4.69, 9.17) is 0 Å². The van der Waals surface area contributed by atoms with E-state index < -0.39 is 23.2 Å². The Bertz CT molecular complexity index is 1010. The molecule has 0 bridgehead atoms. The van der Waals surface area contributed by atoms with Crippen molar-refractivity contribution < 1.29 is 18.0 Å². The number of hydrogen-bond acceptors (Lipinski definition) is 2. The van der Waals surface area contributed by atoms with E-state index in [0.29, 0.717) is 11.3 Å². The largest absolute Gasteiger partial charge is 0.416 e. The molecule has 7 heteroatoms. The number of nitrogens with one attached hydrogen (secondary N) is 1. The third kappa shape index (κ3) is 4.44. The lowest BCUT2D eigenvalue weighted by molar-refractivity contribution is -0.137. The number of hydrogen-bond donors (Lipinski definition) is 1. The predicted molar refractivity (Wildman–Crippen MR) is 95.6 cm³/mol. The second-order valence-electron chi connectivity index (χ2n) is 5.87. The van der Waals surface area contributed by atoms with E-state index in [0.717, 1.165) is 12.1 Å². The summed E-state index contributed by atoms with van der Waals surface area (Å²) < 4.78 is 39.7. The first-order valence-electron chi connectivity index (χ1n) is 8.06. The molecule has 0 atom stereocenters. The maximum atomic E-state index is 12.8. The van der Waals surface area contributed by atoms with Gasteiger partial charge in [-0.1, -0.05) is 30.3 Å². The van der Waals surface area contributed by atoms with Crippen LogP contribution in [-0.4, -0.2) is 10.5 Å². The van der Waals surface area contributed by atoms with Crippen LogP contribution >= 0.6 is 0 Å². The van der Waals surface area contributed by atoms with Crippen LogP contribution in [0.4, 0.5) is 18.9 Å². The summed E-state index contributed by atoms with van der Waals surface area (Å²) in [5, 5.41) is 2.62. The first-order chi connectivity index (χ1) is 12.8. The smallest absolute Gasteiger partial charge is 0.322 e. The number of nitrogens with zero attached hydrogens (tertiary/aromatic N) is 1. The van der Waals surface area contributed by atoms with Gasteiger partial charge >= 0.3 is 6.18 Å². The summed E-state index contributed by atoms with van der Waals surface area (Å²) in [6.45, 7) is -0.0742. The van der Waals surface area contributed by atoms with Crippen LogP contribution in [0.1, 0.15) is 21.5 Å². The standard InChI is InChI=1S/C20H15F3N2O2/c21-20(22,23)15-7-4-6-14(12-15)13-25-11-5-10-17(19(25)27)18(26)24-16-8-2-1-3-9-16/h1-12H,13H2,(H,24,26). The highest BCUT2D eigenvalue weighted by atomic mass is 19.4. The van der Waals surface area contributed by atoms with Gasteiger partial charge in [0.25, 0.3) is 11.5 Å². The zero-order valence-corrected chi connectivity index (χ0v) is 14.0. The second kappa shape index (κ2) is 7.49. The Morgan fingerprint density at radius 2 is 1.70 bits per heavy atom. The number of amides is 1. The maximum Gasteiger partial charge on any atom is 0.416 e. The van der Waals surface area contributed by atoms with Crippen molar-refractivity contribution in [2.75, 3.05) is 5.32 Å². The molecule has 3 rings (SSSR count). The summed E-state index contributed by atoms with van der Waals surface area (Å²) in [5.74, 6) is -0.579. The number of halogens is 3. The molecule has 1 amide bonds. The van der Waals surface area contributed by atoms with Crippen LogP contribution < -0.4 is 10.9 Å². The van der Waals surface area contributed by atoms with Crippen molar-refractivity contribution in [3.05, 3.63) is 100.0 Å². The Morgan fingerprint density at radius 1 is 0.963 bits per heavy atom. The summed E-state index contributed by atoms with van der Waals surface area (Å²) in [4.78, 5) is 24.9. The molecule has 4 nitrogen and oxygen atoms in total. The van der Waals surface area contributed by atoms with Crippen molar-refractivity contribution in [3.63, 3.8) is 0 Å². The van der Waals surface area contributed by atoms with Gasteiger partial charge in [0.2, 0.25) is 0 Å². The van der Waals surface area contributed by atoms with E-state index in [2.05, 4.69) is 5.32 Å². The monoisotopic (exact) mass is 372 g/mol. The molecule has 0 saturated carbocycles. The molecule has 0 saturated heterocycles. The fourth-order valence-corrected chi connectivity index (χ4v) is 2.60. The lowest BCUT2D eigenvalue weighted by Crippen LogP contribution is -2.29. The molecule has 1 heterocycles. The fraction of sp³-hybridized carbons (Fsp3) is 0.100. The van der Waals surface area contributed by atoms with Crippen molar-refractivity contribution >= 4 is 11.6 Å². The summed E-state index contributed by atoms with van der Waals surface area (Å²) in [6.07, 6.45) is -3.03. The molecule has 0 radical (unpaired) electrons. The number of rotatable bonds is 4. The van der Waals surface area contributed by atoms with Crippen LogP contribution in [0.3, 0.4) is 0 Å². The first-order valence-corrected chi connectivity index (χ1v) is 8.06. The molecule has 3 aromatic rings. The maximum absolute atomic E-state index is 12.8. The fourth-order valence-electron chi connectivity index (χ4n) is 2.60. The molecule has 2 aromatic carbocycles. The number of carbonyl (C=O) groups excluding carboxylic acids is 1. The number of para-hydroxylation sites is 1. The Hall–Kier alpha value is -3.35. The molecular weight excluding hydrogens is 357 g/mol. The summed E-state index contributed by atoms with van der Waals surface area (Å²) in [5.41, 5.74) is -0.606. The van der Waals surface area contributed by atoms with Gasteiger partial charge in [0.15, 0.2) is 0 Å². The van der Waals surface area contributed by atoms with Crippen LogP contribution in [0, 0.1) is 0 Å². The van der Waals surface area contributed by atoms with Crippen LogP contribution in [0.25, 0.3) is 0 Å². The molecule has 0 aliphatic rings. The molecule has 0 fully saturated rings. The van der Waals surface area contributed by atoms with E-state index in [-0.39, 0.29) is 12.1 Å². The van der Waals surface area contributed by atoms with E-state index in [9.17, 15) is 22.8 Å². The molecule has 1 N–H and O–H groups in total. The number of benzene rings is 2. The zero-order chi connectivity index (χ0) is 19.4. The number of aromatic nitrogens is 1. The van der Waals surface area contributed by atoms with Crippen LogP contribution in [0.15, 0.2) is 77.7 Å². The summed E-state index contributed by atoms with van der Waals surface area (Å²) >= 11 is 0. The van der Waals surface area contributed by atoms with Crippen molar-refractivity contribution in [1.29, 1.82) is 0 Å². The Balaban J connectivity index is 1.85. The molecule has 0 aliphatic carbocycles. The van der Waals surface area contributed by atoms with E-state index in [1.54, 1.807) is 30.3 Å². The molecule has 1 aromatic heterocycles. The predicted octanol–water partition coefficient (Wildman–Crippen LogP) is 4.17. The third-order valence-electron chi connectivity index (χ3n) is 3.90. The van der Waals surface area contributed by atoms with Crippen LogP contribution in [0.5, 0.6) is 0 Å². The van der Waals surface area contributed by atoms with E-state index in [1.807, 2.05) is 0 Å². The van der Waals surface area contributed by atoms with Crippen molar-refractivity contribution in [3.8, 4) is 0 Å². The van der Waals surface area contributed by atoms with Gasteiger partial charge in [0.05, 0.1) is 12.1 Å². The van der Waals surface area contributed by atoms with Gasteiger partial charge in [-0.3, -0.25) is 9.59 Å². The quantitative estimate of drug-likeness (QED) is 0.747. The SMILES string of the molecule is O=C(Nc1ccccc1)c1cccn(Cc2cccc(C(F)(F)F)c2)c1=O. The molecule has 0 spiro atoms. The Labute approximate surface area is 152 Å².